The fourth-order valence-electron chi connectivity index (χ4n) is 2.78. The molecule has 0 unspecified atom stereocenters. The first-order valence-corrected chi connectivity index (χ1v) is 8.78. The zero-order valence-electron chi connectivity index (χ0n) is 13.6. The lowest BCUT2D eigenvalue weighted by Crippen LogP contribution is -2.32. The minimum Gasteiger partial charge on any atom is -0.463 e. The molecule has 1 aliphatic heterocycles. The Balaban J connectivity index is 1.38. The number of hydrogen-bond acceptors (Lipinski definition) is 8. The van der Waals surface area contributed by atoms with E-state index in [1.807, 2.05) is 6.07 Å². The normalized spacial score (nSPS) is 12.4. The number of anilines is 1. The lowest BCUT2D eigenvalue weighted by molar-refractivity contribution is 0.0960. The number of carbonyl (C=O) groups is 1. The summed E-state index contributed by atoms with van der Waals surface area (Å²) in [5.41, 5.74) is 5.85. The van der Waals surface area contributed by atoms with E-state index in [1.165, 1.54) is 11.3 Å². The average Bonchev–Trinajstić information content (AvgIpc) is 3.30. The van der Waals surface area contributed by atoms with Crippen LogP contribution in [0.15, 0.2) is 51.9 Å². The van der Waals surface area contributed by atoms with E-state index >= 15 is 0 Å². The first-order valence-electron chi connectivity index (χ1n) is 7.96. The molecule has 1 aliphatic rings. The lowest BCUT2D eigenvalue weighted by Gasteiger charge is -2.05. The van der Waals surface area contributed by atoms with Gasteiger partial charge in [-0.3, -0.25) is 20.4 Å². The number of para-hydroxylation sites is 1. The van der Waals surface area contributed by atoms with E-state index in [1.54, 1.807) is 30.3 Å². The Hall–Kier alpha value is -3.59. The lowest BCUT2D eigenvalue weighted by atomic mass is 10.2. The maximum atomic E-state index is 12.4. The third-order valence-corrected chi connectivity index (χ3v) is 5.02. The van der Waals surface area contributed by atoms with Crippen LogP contribution in [0.3, 0.4) is 0 Å². The fourth-order valence-corrected chi connectivity index (χ4v) is 3.61. The van der Waals surface area contributed by atoms with Gasteiger partial charge < -0.3 is 13.9 Å². The minimum atomic E-state index is -0.608. The van der Waals surface area contributed by atoms with Crippen LogP contribution >= 0.6 is 11.3 Å². The Morgan fingerprint density at radius 3 is 2.85 bits per heavy atom. The highest BCUT2D eigenvalue weighted by molar-refractivity contribution is 7.22. The van der Waals surface area contributed by atoms with Crippen LogP contribution in [0.5, 0.6) is 11.5 Å². The molecule has 0 bridgehead atoms. The summed E-state index contributed by atoms with van der Waals surface area (Å²) in [4.78, 5) is 29.2. The summed E-state index contributed by atoms with van der Waals surface area (Å²) in [5.74, 6) is 0.690. The van der Waals surface area contributed by atoms with Crippen molar-refractivity contribution in [3.8, 4) is 11.5 Å². The van der Waals surface area contributed by atoms with Crippen LogP contribution in [0.2, 0.25) is 0 Å². The van der Waals surface area contributed by atoms with Gasteiger partial charge in [-0.15, -0.1) is 0 Å². The maximum absolute atomic E-state index is 12.4. The van der Waals surface area contributed by atoms with Gasteiger partial charge in [0.15, 0.2) is 11.5 Å². The fraction of sp³-hybridized carbons (Fsp3) is 0.0556. The summed E-state index contributed by atoms with van der Waals surface area (Å²) in [5, 5.41) is 0.812. The molecule has 0 radical (unpaired) electrons. The highest BCUT2D eigenvalue weighted by Crippen LogP contribution is 2.38. The van der Waals surface area contributed by atoms with Gasteiger partial charge in [-0.2, -0.15) is 0 Å². The molecule has 8 nitrogen and oxygen atoms in total. The van der Waals surface area contributed by atoms with E-state index in [0.29, 0.717) is 33.1 Å². The van der Waals surface area contributed by atoms with E-state index in [9.17, 15) is 9.59 Å². The number of aromatic nitrogens is 1. The number of hydrazine groups is 1. The van der Waals surface area contributed by atoms with Crippen LogP contribution < -0.4 is 25.8 Å². The summed E-state index contributed by atoms with van der Waals surface area (Å²) in [6.07, 6.45) is 1.15. The molecule has 4 aromatic rings. The summed E-state index contributed by atoms with van der Waals surface area (Å²) >= 11 is 1.33. The molecular formula is C18H11N3O5S. The van der Waals surface area contributed by atoms with Crippen LogP contribution in [0.4, 0.5) is 5.13 Å². The highest BCUT2D eigenvalue weighted by Gasteiger charge is 2.18. The average molecular weight is 381 g/mol. The molecule has 134 valence electrons. The van der Waals surface area contributed by atoms with Gasteiger partial charge >= 0.3 is 0 Å². The molecule has 0 saturated carbocycles. The molecule has 2 aromatic carbocycles. The van der Waals surface area contributed by atoms with Crippen molar-refractivity contribution in [2.75, 3.05) is 12.2 Å². The third kappa shape index (κ3) is 2.64. The van der Waals surface area contributed by atoms with Crippen LogP contribution in [-0.4, -0.2) is 17.7 Å². The van der Waals surface area contributed by atoms with Crippen molar-refractivity contribution in [2.45, 2.75) is 0 Å². The summed E-state index contributed by atoms with van der Waals surface area (Å²) < 4.78 is 16.9. The quantitative estimate of drug-likeness (QED) is 0.526. The standard InChI is InChI=1S/C18H11N3O5S/c22-16-9-3-1-2-4-12(9)24-7-10(16)17(23)20-21-18-19-11-5-13-14(26-8-25-13)6-15(11)27-18/h1-7H,8H2,(H,19,21)(H,20,23). The predicted octanol–water partition coefficient (Wildman–Crippen LogP) is 2.89. The van der Waals surface area contributed by atoms with Crippen molar-refractivity contribution < 1.29 is 18.7 Å². The number of nitrogens with zero attached hydrogens (tertiary/aromatic N) is 1. The Labute approximate surface area is 155 Å². The SMILES string of the molecule is O=C(NNc1nc2cc3c(cc2s1)OCO3)c1coc2ccccc2c1=O. The molecule has 0 atom stereocenters. The van der Waals surface area contributed by atoms with Crippen LogP contribution in [0, 0.1) is 0 Å². The molecule has 3 heterocycles. The van der Waals surface area contributed by atoms with Crippen molar-refractivity contribution in [3.63, 3.8) is 0 Å². The van der Waals surface area contributed by atoms with Gasteiger partial charge in [-0.25, -0.2) is 4.98 Å². The minimum absolute atomic E-state index is 0.0944. The number of rotatable bonds is 3. The van der Waals surface area contributed by atoms with Crippen molar-refractivity contribution >= 4 is 43.6 Å². The number of carbonyl (C=O) groups excluding carboxylic acids is 1. The van der Waals surface area contributed by atoms with Crippen LogP contribution in [0.25, 0.3) is 21.2 Å². The van der Waals surface area contributed by atoms with Gasteiger partial charge in [-0.05, 0) is 12.1 Å². The summed E-state index contributed by atoms with van der Waals surface area (Å²) in [6.45, 7) is 0.197. The van der Waals surface area contributed by atoms with Gasteiger partial charge in [-0.1, -0.05) is 23.5 Å². The molecular weight excluding hydrogens is 370 g/mol. The second-order valence-electron chi connectivity index (χ2n) is 5.75. The zero-order chi connectivity index (χ0) is 18.4. The summed E-state index contributed by atoms with van der Waals surface area (Å²) in [6, 6.07) is 10.4. The largest absolute Gasteiger partial charge is 0.463 e. The number of fused-ring (bicyclic) bond motifs is 3. The first kappa shape index (κ1) is 15.6. The highest BCUT2D eigenvalue weighted by atomic mass is 32.1. The molecule has 1 amide bonds. The van der Waals surface area contributed by atoms with Crippen molar-refractivity contribution in [1.82, 2.24) is 10.4 Å². The van der Waals surface area contributed by atoms with Gasteiger partial charge in [0.25, 0.3) is 5.91 Å². The van der Waals surface area contributed by atoms with E-state index in [2.05, 4.69) is 15.8 Å². The van der Waals surface area contributed by atoms with Crippen molar-refractivity contribution in [3.05, 3.63) is 58.4 Å². The Morgan fingerprint density at radius 2 is 1.96 bits per heavy atom. The third-order valence-electron chi connectivity index (χ3n) is 4.09. The second-order valence-corrected chi connectivity index (χ2v) is 6.78. The predicted molar refractivity (Wildman–Crippen MR) is 99.3 cm³/mol. The molecule has 2 N–H and O–H groups in total. The summed E-state index contributed by atoms with van der Waals surface area (Å²) in [7, 11) is 0. The number of benzene rings is 2. The van der Waals surface area contributed by atoms with Gasteiger partial charge in [0.1, 0.15) is 17.4 Å². The van der Waals surface area contributed by atoms with Gasteiger partial charge in [0.2, 0.25) is 17.4 Å². The van der Waals surface area contributed by atoms with E-state index in [4.69, 9.17) is 13.9 Å². The van der Waals surface area contributed by atoms with Crippen LogP contribution in [0.1, 0.15) is 10.4 Å². The van der Waals surface area contributed by atoms with E-state index in [-0.39, 0.29) is 12.4 Å². The monoisotopic (exact) mass is 381 g/mol. The number of ether oxygens (including phenoxy) is 2. The number of hydrogen-bond donors (Lipinski definition) is 2. The first-order chi connectivity index (χ1) is 13.2. The number of amides is 1. The van der Waals surface area contributed by atoms with E-state index < -0.39 is 11.3 Å². The Bertz CT molecular complexity index is 1220. The van der Waals surface area contributed by atoms with Crippen LogP contribution in [-0.2, 0) is 0 Å². The molecule has 27 heavy (non-hydrogen) atoms. The molecule has 2 aromatic heterocycles. The number of thiazole rings is 1. The number of nitrogens with one attached hydrogen (secondary N) is 2. The topological polar surface area (TPSA) is 103 Å². The molecule has 5 rings (SSSR count). The Kier molecular flexibility index (Phi) is 3.47. The molecule has 0 fully saturated rings. The van der Waals surface area contributed by atoms with Crippen molar-refractivity contribution in [2.24, 2.45) is 0 Å². The molecule has 0 saturated heterocycles. The zero-order valence-corrected chi connectivity index (χ0v) is 14.5. The molecule has 9 heteroatoms. The smallest absolute Gasteiger partial charge is 0.276 e. The maximum Gasteiger partial charge on any atom is 0.276 e. The second kappa shape index (κ2) is 5.99. The molecule has 0 spiro atoms. The van der Waals surface area contributed by atoms with Gasteiger partial charge in [0.05, 0.1) is 15.6 Å². The Morgan fingerprint density at radius 1 is 1.15 bits per heavy atom. The van der Waals surface area contributed by atoms with Gasteiger partial charge in [0, 0.05) is 12.1 Å². The molecule has 0 aliphatic carbocycles. The van der Waals surface area contributed by atoms with E-state index in [0.717, 1.165) is 11.0 Å². The van der Waals surface area contributed by atoms with Crippen molar-refractivity contribution in [1.29, 1.82) is 0 Å².